The Labute approximate surface area is 267 Å². The Morgan fingerprint density at radius 1 is 0.978 bits per heavy atom. The lowest BCUT2D eigenvalue weighted by atomic mass is 9.93. The zero-order valence-corrected chi connectivity index (χ0v) is 25.8. The van der Waals surface area contributed by atoms with Crippen LogP contribution in [-0.2, 0) is 9.53 Å². The summed E-state index contributed by atoms with van der Waals surface area (Å²) in [5.74, 6) is -0.335. The van der Waals surface area contributed by atoms with Crippen LogP contribution in [0, 0.1) is 5.82 Å². The fourth-order valence-corrected chi connectivity index (χ4v) is 6.82. The molecule has 0 saturated heterocycles. The molecule has 228 valence electrons. The molecule has 1 N–H and O–H groups in total. The number of fused-ring (bicyclic) bond motifs is 2. The minimum Gasteiger partial charge on any atom is -0.497 e. The predicted octanol–water partition coefficient (Wildman–Crippen LogP) is 6.23. The summed E-state index contributed by atoms with van der Waals surface area (Å²) in [7, 11) is 1.62. The van der Waals surface area contributed by atoms with Gasteiger partial charge in [-0.3, -0.25) is 9.36 Å². The monoisotopic (exact) mass is 629 g/mol. The van der Waals surface area contributed by atoms with E-state index in [9.17, 15) is 14.0 Å². The maximum atomic E-state index is 14.5. The standard InChI is InChI=1S/C37H28FN3O4S/c1-3-45-36(43)31-33(23-12-8-5-9-13-23)40-37-41(34(31)24-14-16-25(38)17-15-24)35(42)30(46-37)21-28-27-20-26(44-2)18-19-29(27)39-32(28)22-10-6-4-7-11-22/h4-21,34,39H,3H2,1-2H3/b30-21-/t34-/m0/s1. The summed E-state index contributed by atoms with van der Waals surface area (Å²) >= 11 is 1.23. The number of nitrogens with zero attached hydrogens (tertiary/aromatic N) is 2. The number of aromatic nitrogens is 2. The Morgan fingerprint density at radius 2 is 1.67 bits per heavy atom. The number of rotatable bonds is 7. The normalized spacial score (nSPS) is 14.7. The van der Waals surface area contributed by atoms with Crippen molar-refractivity contribution in [3.05, 3.63) is 151 Å². The Morgan fingerprint density at radius 3 is 2.35 bits per heavy atom. The van der Waals surface area contributed by atoms with Crippen molar-refractivity contribution >= 4 is 40.0 Å². The molecule has 7 rings (SSSR count). The molecule has 4 aromatic carbocycles. The molecule has 9 heteroatoms. The number of carbonyl (C=O) groups excluding carboxylic acids is 1. The minimum atomic E-state index is -0.898. The van der Waals surface area contributed by atoms with Crippen LogP contribution < -0.4 is 19.6 Å². The minimum absolute atomic E-state index is 0.136. The zero-order chi connectivity index (χ0) is 31.8. The van der Waals surface area contributed by atoms with Crippen molar-refractivity contribution in [1.82, 2.24) is 9.55 Å². The van der Waals surface area contributed by atoms with Gasteiger partial charge in [0, 0.05) is 22.0 Å². The molecule has 1 aliphatic heterocycles. The molecule has 3 heterocycles. The number of nitrogens with one attached hydrogen (secondary N) is 1. The number of aromatic amines is 1. The summed E-state index contributed by atoms with van der Waals surface area (Å²) < 4.78 is 27.1. The van der Waals surface area contributed by atoms with E-state index >= 15 is 0 Å². The number of carbonyl (C=O) groups is 1. The van der Waals surface area contributed by atoms with Crippen LogP contribution in [0.2, 0.25) is 0 Å². The second-order valence-corrected chi connectivity index (χ2v) is 11.7. The molecule has 0 fully saturated rings. The maximum absolute atomic E-state index is 14.5. The van der Waals surface area contributed by atoms with E-state index < -0.39 is 17.8 Å². The summed E-state index contributed by atoms with van der Waals surface area (Å²) in [6.07, 6.45) is 1.86. The first-order valence-electron chi connectivity index (χ1n) is 14.8. The average Bonchev–Trinajstić information content (AvgIpc) is 3.61. The lowest BCUT2D eigenvalue weighted by Gasteiger charge is -2.25. The number of benzene rings is 4. The SMILES string of the molecule is CCOC(=O)C1=C(c2ccccc2)N=c2s/c(=C\c3c(-c4ccccc4)[nH]c4ccc(OC)cc34)c(=O)n2[C@H]1c1ccc(F)cc1. The Hall–Kier alpha value is -5.54. The largest absolute Gasteiger partial charge is 0.497 e. The molecule has 0 unspecified atom stereocenters. The van der Waals surface area contributed by atoms with Crippen LogP contribution in [0.5, 0.6) is 5.75 Å². The molecule has 0 amide bonds. The summed E-state index contributed by atoms with van der Waals surface area (Å²) in [5.41, 5.74) is 5.05. The van der Waals surface area contributed by atoms with Crippen LogP contribution in [0.3, 0.4) is 0 Å². The molecule has 0 spiro atoms. The molecule has 1 aliphatic rings. The zero-order valence-electron chi connectivity index (χ0n) is 25.0. The number of methoxy groups -OCH3 is 1. The molecular weight excluding hydrogens is 601 g/mol. The van der Waals surface area contributed by atoms with Gasteiger partial charge in [0.05, 0.1) is 41.3 Å². The van der Waals surface area contributed by atoms with Gasteiger partial charge in [0.1, 0.15) is 11.6 Å². The smallest absolute Gasteiger partial charge is 0.338 e. The van der Waals surface area contributed by atoms with E-state index in [0.29, 0.717) is 31.9 Å². The number of thiazole rings is 1. The summed E-state index contributed by atoms with van der Waals surface area (Å²) in [6, 6.07) is 29.9. The second kappa shape index (κ2) is 12.1. The molecule has 7 nitrogen and oxygen atoms in total. The second-order valence-electron chi connectivity index (χ2n) is 10.7. The topological polar surface area (TPSA) is 85.7 Å². The van der Waals surface area contributed by atoms with E-state index in [-0.39, 0.29) is 17.7 Å². The maximum Gasteiger partial charge on any atom is 0.338 e. The van der Waals surface area contributed by atoms with E-state index in [1.165, 1.54) is 28.0 Å². The Bertz CT molecular complexity index is 2300. The first-order valence-corrected chi connectivity index (χ1v) is 15.6. The van der Waals surface area contributed by atoms with Gasteiger partial charge in [-0.1, -0.05) is 84.1 Å². The fraction of sp³-hybridized carbons (Fsp3) is 0.108. The number of hydrogen-bond donors (Lipinski definition) is 1. The molecule has 0 bridgehead atoms. The molecule has 2 aromatic heterocycles. The van der Waals surface area contributed by atoms with Gasteiger partial charge in [0.2, 0.25) is 0 Å². The van der Waals surface area contributed by atoms with Crippen molar-refractivity contribution in [2.45, 2.75) is 13.0 Å². The molecule has 0 aliphatic carbocycles. The number of halogens is 1. The van der Waals surface area contributed by atoms with Crippen molar-refractivity contribution in [2.75, 3.05) is 13.7 Å². The van der Waals surface area contributed by atoms with Gasteiger partial charge >= 0.3 is 5.97 Å². The highest BCUT2D eigenvalue weighted by Gasteiger charge is 2.35. The van der Waals surface area contributed by atoms with Gasteiger partial charge in [0.25, 0.3) is 5.56 Å². The van der Waals surface area contributed by atoms with Crippen molar-refractivity contribution in [2.24, 2.45) is 4.99 Å². The van der Waals surface area contributed by atoms with Gasteiger partial charge in [-0.2, -0.15) is 0 Å². The number of hydrogen-bond acceptors (Lipinski definition) is 6. The summed E-state index contributed by atoms with van der Waals surface area (Å²) in [5, 5.41) is 0.885. The summed E-state index contributed by atoms with van der Waals surface area (Å²) in [4.78, 5) is 37.0. The number of H-pyrrole nitrogens is 1. The quantitative estimate of drug-likeness (QED) is 0.212. The van der Waals surface area contributed by atoms with E-state index in [1.807, 2.05) is 84.9 Å². The van der Waals surface area contributed by atoms with E-state index in [0.717, 1.165) is 27.7 Å². The molecule has 1 atom stereocenters. The lowest BCUT2D eigenvalue weighted by molar-refractivity contribution is -0.138. The Balaban J connectivity index is 1.53. The third-order valence-electron chi connectivity index (χ3n) is 7.94. The lowest BCUT2D eigenvalue weighted by Crippen LogP contribution is -2.40. The van der Waals surface area contributed by atoms with Gasteiger partial charge in [-0.15, -0.1) is 0 Å². The van der Waals surface area contributed by atoms with Crippen LogP contribution in [0.1, 0.15) is 29.7 Å². The van der Waals surface area contributed by atoms with Crippen molar-refractivity contribution < 1.29 is 18.7 Å². The molecule has 6 aromatic rings. The van der Waals surface area contributed by atoms with Crippen molar-refractivity contribution in [3.63, 3.8) is 0 Å². The number of esters is 1. The average molecular weight is 630 g/mol. The number of ether oxygens (including phenoxy) is 2. The van der Waals surface area contributed by atoms with Crippen LogP contribution in [0.4, 0.5) is 4.39 Å². The highest BCUT2D eigenvalue weighted by Crippen LogP contribution is 2.36. The van der Waals surface area contributed by atoms with Crippen LogP contribution in [0.15, 0.2) is 118 Å². The van der Waals surface area contributed by atoms with Crippen molar-refractivity contribution in [1.29, 1.82) is 0 Å². The summed E-state index contributed by atoms with van der Waals surface area (Å²) in [6.45, 7) is 1.86. The first kappa shape index (κ1) is 29.2. The third-order valence-corrected chi connectivity index (χ3v) is 8.93. The van der Waals surface area contributed by atoms with Crippen LogP contribution in [0.25, 0.3) is 33.9 Å². The van der Waals surface area contributed by atoms with Crippen LogP contribution >= 0.6 is 11.3 Å². The predicted molar refractivity (Wildman–Crippen MR) is 178 cm³/mol. The van der Waals surface area contributed by atoms with Gasteiger partial charge in [-0.05, 0) is 54.5 Å². The van der Waals surface area contributed by atoms with Crippen LogP contribution in [-0.4, -0.2) is 29.2 Å². The van der Waals surface area contributed by atoms with Gasteiger partial charge in [0.15, 0.2) is 4.80 Å². The highest BCUT2D eigenvalue weighted by atomic mass is 32.1. The molecular formula is C37H28FN3O4S. The van der Waals surface area contributed by atoms with Gasteiger partial charge in [-0.25, -0.2) is 14.2 Å². The van der Waals surface area contributed by atoms with E-state index in [2.05, 4.69) is 4.98 Å². The third kappa shape index (κ3) is 5.14. The highest BCUT2D eigenvalue weighted by molar-refractivity contribution is 7.07. The fourth-order valence-electron chi connectivity index (χ4n) is 5.83. The van der Waals surface area contributed by atoms with E-state index in [4.69, 9.17) is 14.5 Å². The van der Waals surface area contributed by atoms with E-state index in [1.54, 1.807) is 26.2 Å². The molecule has 0 saturated carbocycles. The van der Waals surface area contributed by atoms with Gasteiger partial charge < -0.3 is 14.5 Å². The first-order chi connectivity index (χ1) is 22.5. The van der Waals surface area contributed by atoms with Crippen molar-refractivity contribution in [3.8, 4) is 17.0 Å². The molecule has 0 radical (unpaired) electrons. The Kier molecular flexibility index (Phi) is 7.68. The molecule has 46 heavy (non-hydrogen) atoms.